The van der Waals surface area contributed by atoms with Crippen molar-refractivity contribution in [2.24, 2.45) is 0 Å². The van der Waals surface area contributed by atoms with Crippen molar-refractivity contribution < 1.29 is 27.9 Å². The number of hydrogen-bond donors (Lipinski definition) is 2. The van der Waals surface area contributed by atoms with Crippen molar-refractivity contribution in [3.8, 4) is 0 Å². The summed E-state index contributed by atoms with van der Waals surface area (Å²) in [5.74, 6) is -2.00. The Kier molecular flexibility index (Phi) is 5.66. The van der Waals surface area contributed by atoms with Crippen LogP contribution in [-0.2, 0) is 26.1 Å². The molecule has 1 rings (SSSR count). The number of benzene rings is 1. The normalized spacial score (nSPS) is 11.1. The molecule has 0 radical (unpaired) electrons. The molecule has 1 aromatic carbocycles. The van der Waals surface area contributed by atoms with Crippen molar-refractivity contribution >= 4 is 22.0 Å². The molecule has 1 aromatic rings. The van der Waals surface area contributed by atoms with Crippen LogP contribution in [0.25, 0.3) is 0 Å². The fourth-order valence-electron chi connectivity index (χ4n) is 1.35. The first-order chi connectivity index (χ1) is 9.34. The highest BCUT2D eigenvalue weighted by atomic mass is 32.2. The molecule has 0 spiro atoms. The van der Waals surface area contributed by atoms with Crippen molar-refractivity contribution in [3.05, 3.63) is 35.4 Å². The van der Waals surface area contributed by atoms with Gasteiger partial charge in [-0.15, -0.1) is 0 Å². The van der Waals surface area contributed by atoms with Crippen LogP contribution >= 0.6 is 0 Å². The van der Waals surface area contributed by atoms with Crippen LogP contribution in [0.3, 0.4) is 0 Å². The van der Waals surface area contributed by atoms with E-state index in [-0.39, 0.29) is 24.3 Å². The molecule has 2 N–H and O–H groups in total. The first-order valence-corrected chi connectivity index (χ1v) is 7.35. The van der Waals surface area contributed by atoms with E-state index in [1.807, 2.05) is 0 Å². The molecule has 0 aliphatic rings. The minimum absolute atomic E-state index is 0.0312. The monoisotopic (exact) mass is 301 g/mol. The van der Waals surface area contributed by atoms with E-state index in [0.717, 1.165) is 0 Å². The second-order valence-corrected chi connectivity index (χ2v) is 5.89. The van der Waals surface area contributed by atoms with Crippen LogP contribution in [0, 0.1) is 0 Å². The standard InChI is InChI=1S/C12H15NO6S/c1-19-11(14)6-7-20(17,18)13-8-9-2-4-10(5-3-9)12(15)16/h2-5,13H,6-8H2,1H3,(H,15,16). The van der Waals surface area contributed by atoms with Crippen LogP contribution in [0.5, 0.6) is 0 Å². The zero-order valence-electron chi connectivity index (χ0n) is 10.8. The number of carbonyl (C=O) groups excluding carboxylic acids is 1. The second-order valence-electron chi connectivity index (χ2n) is 3.97. The second kappa shape index (κ2) is 7.01. The summed E-state index contributed by atoms with van der Waals surface area (Å²) in [5, 5.41) is 8.72. The molecule has 0 unspecified atom stereocenters. The molecule has 0 aliphatic carbocycles. The Morgan fingerprint density at radius 2 is 1.85 bits per heavy atom. The van der Waals surface area contributed by atoms with Gasteiger partial charge in [0.25, 0.3) is 0 Å². The highest BCUT2D eigenvalue weighted by Gasteiger charge is 2.13. The van der Waals surface area contributed by atoms with Gasteiger partial charge in [0.05, 0.1) is 24.8 Å². The van der Waals surface area contributed by atoms with Crippen LogP contribution in [0.4, 0.5) is 0 Å². The molecule has 0 saturated carbocycles. The summed E-state index contributed by atoms with van der Waals surface area (Å²) in [7, 11) is -2.39. The van der Waals surface area contributed by atoms with E-state index in [4.69, 9.17) is 5.11 Å². The zero-order chi connectivity index (χ0) is 15.2. The lowest BCUT2D eigenvalue weighted by Gasteiger charge is -2.06. The Balaban J connectivity index is 2.53. The summed E-state index contributed by atoms with van der Waals surface area (Å²) >= 11 is 0. The van der Waals surface area contributed by atoms with Crippen molar-refractivity contribution in [1.29, 1.82) is 0 Å². The third-order valence-electron chi connectivity index (χ3n) is 2.50. The van der Waals surface area contributed by atoms with Crippen LogP contribution in [0.2, 0.25) is 0 Å². The summed E-state index contributed by atoms with van der Waals surface area (Å²) in [5.41, 5.74) is 0.749. The summed E-state index contributed by atoms with van der Waals surface area (Å²) in [6.07, 6.45) is -0.218. The molecule has 8 heteroatoms. The SMILES string of the molecule is COC(=O)CCS(=O)(=O)NCc1ccc(C(=O)O)cc1. The van der Waals surface area contributed by atoms with Gasteiger partial charge in [-0.1, -0.05) is 12.1 Å². The Morgan fingerprint density at radius 3 is 2.35 bits per heavy atom. The van der Waals surface area contributed by atoms with Gasteiger partial charge in [0.15, 0.2) is 0 Å². The van der Waals surface area contributed by atoms with Gasteiger partial charge < -0.3 is 9.84 Å². The predicted molar refractivity (Wildman–Crippen MR) is 70.7 cm³/mol. The Morgan fingerprint density at radius 1 is 1.25 bits per heavy atom. The lowest BCUT2D eigenvalue weighted by molar-refractivity contribution is -0.140. The third-order valence-corrected chi connectivity index (χ3v) is 3.83. The maximum Gasteiger partial charge on any atom is 0.335 e. The minimum atomic E-state index is -3.58. The van der Waals surface area contributed by atoms with Crippen molar-refractivity contribution in [1.82, 2.24) is 4.72 Å². The number of esters is 1. The molecule has 0 aliphatic heterocycles. The van der Waals surface area contributed by atoms with Crippen molar-refractivity contribution in [2.45, 2.75) is 13.0 Å². The van der Waals surface area contributed by atoms with Gasteiger partial charge in [0.2, 0.25) is 10.0 Å². The van der Waals surface area contributed by atoms with Gasteiger partial charge in [0, 0.05) is 6.54 Å². The number of sulfonamides is 1. The summed E-state index contributed by atoms with van der Waals surface area (Å²) < 4.78 is 29.9. The van der Waals surface area contributed by atoms with E-state index in [0.29, 0.717) is 5.56 Å². The maximum atomic E-state index is 11.6. The lowest BCUT2D eigenvalue weighted by Crippen LogP contribution is -2.27. The highest BCUT2D eigenvalue weighted by Crippen LogP contribution is 2.05. The summed E-state index contributed by atoms with van der Waals surface area (Å²) in [6, 6.07) is 5.82. The Bertz CT molecular complexity index is 578. The Hall–Kier alpha value is -1.93. The number of ether oxygens (including phenoxy) is 1. The van der Waals surface area contributed by atoms with Gasteiger partial charge in [-0.25, -0.2) is 17.9 Å². The molecule has 0 amide bonds. The predicted octanol–water partition coefficient (Wildman–Crippen LogP) is 0.367. The molecular formula is C12H15NO6S. The third kappa shape index (κ3) is 5.37. The fourth-order valence-corrected chi connectivity index (χ4v) is 2.32. The van der Waals surface area contributed by atoms with Crippen LogP contribution < -0.4 is 4.72 Å². The van der Waals surface area contributed by atoms with E-state index in [1.54, 1.807) is 0 Å². The molecule has 0 fully saturated rings. The van der Waals surface area contributed by atoms with Gasteiger partial charge in [-0.2, -0.15) is 0 Å². The van der Waals surface area contributed by atoms with E-state index >= 15 is 0 Å². The van der Waals surface area contributed by atoms with E-state index in [2.05, 4.69) is 9.46 Å². The van der Waals surface area contributed by atoms with Gasteiger partial charge in [-0.3, -0.25) is 4.79 Å². The van der Waals surface area contributed by atoms with Crippen molar-refractivity contribution in [2.75, 3.05) is 12.9 Å². The summed E-state index contributed by atoms with van der Waals surface area (Å²) in [4.78, 5) is 21.5. The first-order valence-electron chi connectivity index (χ1n) is 5.70. The fraction of sp³-hybridized carbons (Fsp3) is 0.333. The van der Waals surface area contributed by atoms with Crippen LogP contribution in [0.15, 0.2) is 24.3 Å². The van der Waals surface area contributed by atoms with Crippen molar-refractivity contribution in [3.63, 3.8) is 0 Å². The first kappa shape index (κ1) is 16.1. The molecule has 0 heterocycles. The number of rotatable bonds is 7. The van der Waals surface area contributed by atoms with Crippen LogP contribution in [-0.4, -0.2) is 38.3 Å². The average Bonchev–Trinajstić information content (AvgIpc) is 2.43. The molecule has 0 bridgehead atoms. The number of hydrogen-bond acceptors (Lipinski definition) is 5. The van der Waals surface area contributed by atoms with E-state index < -0.39 is 22.0 Å². The number of nitrogens with one attached hydrogen (secondary N) is 1. The van der Waals surface area contributed by atoms with E-state index in [9.17, 15) is 18.0 Å². The largest absolute Gasteiger partial charge is 0.478 e. The van der Waals surface area contributed by atoms with E-state index in [1.165, 1.54) is 31.4 Å². The molecular weight excluding hydrogens is 286 g/mol. The number of methoxy groups -OCH3 is 1. The minimum Gasteiger partial charge on any atom is -0.478 e. The molecule has 0 saturated heterocycles. The zero-order valence-corrected chi connectivity index (χ0v) is 11.6. The topological polar surface area (TPSA) is 110 Å². The maximum absolute atomic E-state index is 11.6. The average molecular weight is 301 g/mol. The Labute approximate surface area is 116 Å². The van der Waals surface area contributed by atoms with Gasteiger partial charge >= 0.3 is 11.9 Å². The number of carboxylic acid groups (broad SMARTS) is 1. The van der Waals surface area contributed by atoms with Gasteiger partial charge in [0.1, 0.15) is 0 Å². The molecule has 0 aromatic heterocycles. The van der Waals surface area contributed by atoms with Gasteiger partial charge in [-0.05, 0) is 17.7 Å². The highest BCUT2D eigenvalue weighted by molar-refractivity contribution is 7.89. The lowest BCUT2D eigenvalue weighted by atomic mass is 10.1. The molecule has 20 heavy (non-hydrogen) atoms. The van der Waals surface area contributed by atoms with Crippen LogP contribution in [0.1, 0.15) is 22.3 Å². The molecule has 7 nitrogen and oxygen atoms in total. The summed E-state index contributed by atoms with van der Waals surface area (Å²) in [6.45, 7) is 0.0312. The number of carbonyl (C=O) groups is 2. The number of carboxylic acids is 1. The molecule has 0 atom stereocenters. The quantitative estimate of drug-likeness (QED) is 0.704. The molecule has 110 valence electrons. The number of aromatic carboxylic acids is 1. The smallest absolute Gasteiger partial charge is 0.335 e.